The summed E-state index contributed by atoms with van der Waals surface area (Å²) in [7, 11) is -17.8. The number of aliphatic hydroxyl groups excluding tert-OH is 3. The molecule has 4 aromatic rings. The normalized spacial score (nSPS) is 30.4. The maximum absolute atomic E-state index is 14.6. The van der Waals surface area contributed by atoms with Crippen molar-refractivity contribution in [1.29, 1.82) is 0 Å². The number of hydrogen-bond acceptors (Lipinski definition) is 20. The fourth-order valence-electron chi connectivity index (χ4n) is 5.04. The van der Waals surface area contributed by atoms with E-state index in [1.807, 2.05) is 0 Å². The maximum Gasteiger partial charge on any atom is 0.280 e. The lowest BCUT2D eigenvalue weighted by Crippen LogP contribution is -2.31. The summed E-state index contributed by atoms with van der Waals surface area (Å²) in [5.41, 5.74) is 12.7. The highest BCUT2D eigenvalue weighted by atomic mass is 31.3. The van der Waals surface area contributed by atoms with Crippen molar-refractivity contribution in [2.45, 2.75) is 49.0 Å². The molecule has 6 rings (SSSR count). The molecular formula is C22H26F2N8O15P3-3. The molecule has 0 bridgehead atoms. The Morgan fingerprint density at radius 3 is 1.70 bits per heavy atom. The molecule has 2 saturated heterocycles. The minimum Gasteiger partial charge on any atom is -0.756 e. The van der Waals surface area contributed by atoms with Crippen LogP contribution in [0.1, 0.15) is 23.6 Å². The Hall–Kier alpha value is -3.09. The highest BCUT2D eigenvalue weighted by Crippen LogP contribution is 2.61. The van der Waals surface area contributed by atoms with Gasteiger partial charge in [-0.2, -0.15) is 10.2 Å². The molecule has 0 amide bonds. The third-order valence-corrected chi connectivity index (χ3v) is 10.9. The molecule has 28 heteroatoms. The smallest absolute Gasteiger partial charge is 0.280 e. The van der Waals surface area contributed by atoms with Crippen LogP contribution in [0.15, 0.2) is 36.9 Å². The van der Waals surface area contributed by atoms with Gasteiger partial charge in [0.2, 0.25) is 0 Å². The SMILES string of the molecule is Nc1ncnn2c([C@@H]3O[C@H](CO)[C@@H](O)[C@H]3F)ccc12.Nc1ncnn2c([C@@H]3O[C@H](COP(=O)([O-])OP(=O)([O-])OP(=O)([O-])O)[C@@H](O)[C@H]3F)ccc12. The Kier molecular flexibility index (Phi) is 11.1. The van der Waals surface area contributed by atoms with Gasteiger partial charge in [0.15, 0.2) is 24.0 Å². The van der Waals surface area contributed by atoms with E-state index >= 15 is 0 Å². The first-order chi connectivity index (χ1) is 23.3. The summed E-state index contributed by atoms with van der Waals surface area (Å²) in [5.74, 6) is 0.350. The van der Waals surface area contributed by atoms with Crippen LogP contribution in [0.5, 0.6) is 0 Å². The molecule has 0 spiro atoms. The predicted molar refractivity (Wildman–Crippen MR) is 152 cm³/mol. The van der Waals surface area contributed by atoms with Gasteiger partial charge in [-0.1, -0.05) is 0 Å². The van der Waals surface area contributed by atoms with E-state index in [1.165, 1.54) is 27.5 Å². The first-order valence-electron chi connectivity index (χ1n) is 13.8. The van der Waals surface area contributed by atoms with Crippen LogP contribution >= 0.6 is 23.5 Å². The fraction of sp³-hybridized carbons (Fsp3) is 0.455. The molecule has 0 aliphatic carbocycles. The third-order valence-electron chi connectivity index (χ3n) is 7.22. The van der Waals surface area contributed by atoms with Crippen molar-refractivity contribution >= 4 is 46.1 Å². The molecule has 2 fully saturated rings. The quantitative estimate of drug-likeness (QED) is 0.0895. The number of phosphoric ester groups is 1. The maximum atomic E-state index is 14.6. The summed E-state index contributed by atoms with van der Waals surface area (Å²) < 4.78 is 85.8. The number of ether oxygens (including phenoxy) is 2. The van der Waals surface area contributed by atoms with E-state index in [-0.39, 0.29) is 17.3 Å². The van der Waals surface area contributed by atoms with Gasteiger partial charge in [-0.25, -0.2) is 36.4 Å². The minimum atomic E-state index is -6.09. The monoisotopic (exact) mass is 773 g/mol. The van der Waals surface area contributed by atoms with Crippen LogP contribution in [0.4, 0.5) is 20.4 Å². The lowest BCUT2D eigenvalue weighted by Gasteiger charge is -2.33. The van der Waals surface area contributed by atoms with Crippen molar-refractivity contribution in [3.63, 3.8) is 0 Å². The number of fused-ring (bicyclic) bond motifs is 2. The molecule has 23 nitrogen and oxygen atoms in total. The van der Waals surface area contributed by atoms with E-state index in [0.29, 0.717) is 16.7 Å². The highest BCUT2D eigenvalue weighted by Gasteiger charge is 2.47. The Morgan fingerprint density at radius 1 is 0.800 bits per heavy atom. The number of nitrogen functional groups attached to an aromatic ring is 2. The van der Waals surface area contributed by atoms with E-state index in [9.17, 15) is 47.4 Å². The van der Waals surface area contributed by atoms with Crippen molar-refractivity contribution in [3.8, 4) is 0 Å². The first-order valence-corrected chi connectivity index (χ1v) is 18.2. The predicted octanol–water partition coefficient (Wildman–Crippen LogP) is -2.66. The molecule has 0 aromatic carbocycles. The zero-order valence-corrected chi connectivity index (χ0v) is 27.4. The standard InChI is InChI=1S/C11H16FN4O12P3.C11H13FN4O3/c12-8-9(17)7(3-25-30(21,22)28-31(23,24)27-29(18,19)20)26-10(8)5-1-2-6-11(13)14-4-15-16(5)6;12-8-9(18)7(3-17)19-10(8)5-1-2-6-11(13)14-4-15-16(5)6/h1-2,4,7-10,17H,3H2,(H,21,22)(H,23,24)(H2,13,14,15)(H2,18,19,20);1-2,4,7-10,17-18H,3H2,(H2,13,14,15)/p-3/t2*7-,8-,9-,10+/m11/s1. The van der Waals surface area contributed by atoms with Crippen molar-refractivity contribution in [2.75, 3.05) is 24.7 Å². The second-order valence-electron chi connectivity index (χ2n) is 10.5. The Bertz CT molecular complexity index is 1980. The Morgan fingerprint density at radius 2 is 1.26 bits per heavy atom. The lowest BCUT2D eigenvalue weighted by molar-refractivity contribution is -0.250. The van der Waals surface area contributed by atoms with Gasteiger partial charge in [0, 0.05) is 0 Å². The number of anilines is 2. The van der Waals surface area contributed by atoms with Crippen LogP contribution in [0, 0.1) is 0 Å². The van der Waals surface area contributed by atoms with E-state index in [1.54, 1.807) is 12.1 Å². The van der Waals surface area contributed by atoms with Crippen LogP contribution in [-0.2, 0) is 36.3 Å². The number of hydrogen-bond donors (Lipinski definition) is 6. The summed E-state index contributed by atoms with van der Waals surface area (Å²) >= 11 is 0. The van der Waals surface area contributed by atoms with Gasteiger partial charge in [-0.05, 0) is 24.3 Å². The number of nitrogens with two attached hydrogens (primary N) is 2. The van der Waals surface area contributed by atoms with Gasteiger partial charge in [0.1, 0.15) is 60.3 Å². The minimum absolute atomic E-state index is 0.0781. The van der Waals surface area contributed by atoms with E-state index < -0.39 is 85.6 Å². The number of halogens is 2. The zero-order chi connectivity index (χ0) is 36.8. The summed E-state index contributed by atoms with van der Waals surface area (Å²) in [4.78, 5) is 49.1. The fourth-order valence-corrected chi connectivity index (χ4v) is 7.94. The van der Waals surface area contributed by atoms with Crippen molar-refractivity contribution in [3.05, 3.63) is 48.3 Å². The van der Waals surface area contributed by atoms with Crippen LogP contribution in [0.2, 0.25) is 0 Å². The average molecular weight is 773 g/mol. The zero-order valence-electron chi connectivity index (χ0n) is 24.7. The lowest BCUT2D eigenvalue weighted by atomic mass is 10.1. The number of aromatic nitrogens is 6. The van der Waals surface area contributed by atoms with E-state index in [2.05, 4.69) is 33.3 Å². The largest absolute Gasteiger partial charge is 0.756 e. The molecule has 2 aliphatic heterocycles. The number of nitrogens with zero attached hydrogens (tertiary/aromatic N) is 6. The van der Waals surface area contributed by atoms with Crippen LogP contribution in [-0.4, -0.2) is 99.4 Å². The van der Waals surface area contributed by atoms with Gasteiger partial charge in [0.05, 0.1) is 24.6 Å². The summed E-state index contributed by atoms with van der Waals surface area (Å²) in [6.45, 7) is -1.56. The van der Waals surface area contributed by atoms with E-state index in [0.717, 1.165) is 6.33 Å². The van der Waals surface area contributed by atoms with E-state index in [4.69, 9.17) is 30.9 Å². The van der Waals surface area contributed by atoms with Gasteiger partial charge in [-0.3, -0.25) is 13.7 Å². The van der Waals surface area contributed by atoms with Gasteiger partial charge >= 0.3 is 0 Å². The number of aliphatic hydroxyl groups is 3. The molecule has 276 valence electrons. The van der Waals surface area contributed by atoms with Crippen molar-refractivity contribution < 1.29 is 80.0 Å². The first kappa shape index (κ1) is 38.1. The van der Waals surface area contributed by atoms with Crippen LogP contribution < -0.4 is 26.1 Å². The number of phosphoric acid groups is 3. The van der Waals surface area contributed by atoms with Gasteiger partial charge in [-0.15, -0.1) is 0 Å². The molecular weight excluding hydrogens is 747 g/mol. The second-order valence-corrected chi connectivity index (χ2v) is 14.8. The molecule has 4 aromatic heterocycles. The molecule has 11 atom stereocenters. The van der Waals surface area contributed by atoms with Crippen molar-refractivity contribution in [1.82, 2.24) is 29.2 Å². The average Bonchev–Trinajstić information content (AvgIpc) is 3.77. The summed E-state index contributed by atoms with van der Waals surface area (Å²) in [6.07, 6.45) is -9.64. The number of alkyl halides is 2. The molecule has 50 heavy (non-hydrogen) atoms. The van der Waals surface area contributed by atoms with Crippen LogP contribution in [0.3, 0.4) is 0 Å². The van der Waals surface area contributed by atoms with Crippen LogP contribution in [0.25, 0.3) is 11.0 Å². The Labute approximate surface area is 277 Å². The van der Waals surface area contributed by atoms with Gasteiger partial charge < -0.3 is 60.4 Å². The summed E-state index contributed by atoms with van der Waals surface area (Å²) in [6, 6.07) is 6.11. The molecule has 0 radical (unpaired) electrons. The summed E-state index contributed by atoms with van der Waals surface area (Å²) in [5, 5.41) is 36.5. The molecule has 8 N–H and O–H groups in total. The highest BCUT2D eigenvalue weighted by molar-refractivity contribution is 7.65. The topological polar surface area (TPSA) is 360 Å². The second kappa shape index (κ2) is 14.5. The van der Waals surface area contributed by atoms with Crippen molar-refractivity contribution in [2.24, 2.45) is 0 Å². The molecule has 2 aliphatic rings. The Balaban J connectivity index is 0.000000217. The number of rotatable bonds is 10. The molecule has 0 saturated carbocycles. The third kappa shape index (κ3) is 8.18. The molecule has 3 unspecified atom stereocenters. The van der Waals surface area contributed by atoms with Gasteiger partial charge in [0.25, 0.3) is 23.5 Å². The molecule has 6 heterocycles.